The van der Waals surface area contributed by atoms with E-state index in [-0.39, 0.29) is 18.7 Å². The van der Waals surface area contributed by atoms with Gasteiger partial charge in [-0.1, -0.05) is 50.1 Å². The number of rotatable bonds is 9. The Kier molecular flexibility index (Phi) is 9.33. The van der Waals surface area contributed by atoms with E-state index < -0.39 is 59.9 Å². The van der Waals surface area contributed by atoms with E-state index in [4.69, 9.17) is 11.2 Å². The second kappa shape index (κ2) is 12.5. The molecule has 3 rings (SSSR count). The largest absolute Gasteiger partial charge is 0.481 e. The summed E-state index contributed by atoms with van der Waals surface area (Å²) in [6.07, 6.45) is 3.00. The highest BCUT2D eigenvalue weighted by Crippen LogP contribution is 2.30. The van der Waals surface area contributed by atoms with Crippen molar-refractivity contribution < 1.29 is 34.1 Å². The Morgan fingerprint density at radius 3 is 2.33 bits per heavy atom. The molecule has 1 saturated heterocycles. The number of nitrogens with zero attached hydrogens (tertiary/aromatic N) is 1. The molecule has 0 aromatic heterocycles. The normalized spacial score (nSPS) is 18.4. The first-order valence-corrected chi connectivity index (χ1v) is 12.5. The minimum absolute atomic E-state index is 0.0130. The molecule has 1 aliphatic rings. The number of hydrogen-bond acceptors (Lipinski definition) is 6. The van der Waals surface area contributed by atoms with Crippen molar-refractivity contribution in [1.29, 1.82) is 0 Å². The van der Waals surface area contributed by atoms with Crippen LogP contribution in [0.2, 0.25) is 0 Å². The minimum atomic E-state index is -1.36. The molecule has 0 aliphatic carbocycles. The zero-order valence-corrected chi connectivity index (χ0v) is 22.1. The number of terminal acetylenes is 1. The maximum absolute atomic E-state index is 13.8. The van der Waals surface area contributed by atoms with E-state index >= 15 is 0 Å². The highest BCUT2D eigenvalue weighted by molar-refractivity contribution is 5.93. The van der Waals surface area contributed by atoms with E-state index in [1.165, 1.54) is 18.7 Å². The molecular formula is C29H33N3O7. The number of aliphatic hydroxyl groups is 1. The van der Waals surface area contributed by atoms with Crippen molar-refractivity contribution in [2.75, 3.05) is 6.54 Å². The molecule has 0 radical (unpaired) electrons. The average molecular weight is 536 g/mol. The van der Waals surface area contributed by atoms with Crippen LogP contribution in [-0.2, 0) is 14.4 Å². The van der Waals surface area contributed by atoms with Crippen molar-refractivity contribution in [3.05, 3.63) is 65.7 Å². The molecule has 10 heteroatoms. The summed E-state index contributed by atoms with van der Waals surface area (Å²) in [6.45, 7) is 4.67. The SMILES string of the molecule is C#Cc1ccc([C@H](C)NC(=O)[C@@H]2C[C@@H](O)CN2C(=O)C(NC(=O)Oc2ccccc2)C(C)(C)CC(=O)O)cc1. The van der Waals surface area contributed by atoms with Crippen LogP contribution in [0.1, 0.15) is 50.8 Å². The molecule has 39 heavy (non-hydrogen) atoms. The number of nitrogens with one attached hydrogen (secondary N) is 2. The third kappa shape index (κ3) is 7.58. The van der Waals surface area contributed by atoms with Crippen LogP contribution in [0.15, 0.2) is 54.6 Å². The number of β-amino-alcohol motifs (C(OH)–C–C–N with tert-alkyl or cyclic N) is 1. The maximum Gasteiger partial charge on any atom is 0.413 e. The summed E-state index contributed by atoms with van der Waals surface area (Å²) in [4.78, 5) is 52.5. The van der Waals surface area contributed by atoms with Crippen LogP contribution in [0.25, 0.3) is 0 Å². The van der Waals surface area contributed by atoms with Gasteiger partial charge in [0.25, 0.3) is 0 Å². The molecule has 4 atom stereocenters. The Labute approximate surface area is 227 Å². The lowest BCUT2D eigenvalue weighted by atomic mass is 9.80. The molecule has 3 amide bonds. The highest BCUT2D eigenvalue weighted by atomic mass is 16.6. The van der Waals surface area contributed by atoms with Crippen LogP contribution >= 0.6 is 0 Å². The van der Waals surface area contributed by atoms with Gasteiger partial charge in [-0.05, 0) is 36.8 Å². The van der Waals surface area contributed by atoms with Gasteiger partial charge in [0.1, 0.15) is 17.8 Å². The van der Waals surface area contributed by atoms with Crippen molar-refractivity contribution in [3.63, 3.8) is 0 Å². The van der Waals surface area contributed by atoms with Crippen molar-refractivity contribution in [3.8, 4) is 18.1 Å². The number of carboxylic acids is 1. The van der Waals surface area contributed by atoms with Crippen LogP contribution in [0.3, 0.4) is 0 Å². The van der Waals surface area contributed by atoms with Gasteiger partial charge in [-0.15, -0.1) is 6.42 Å². The predicted molar refractivity (Wildman–Crippen MR) is 142 cm³/mol. The Morgan fingerprint density at radius 2 is 1.74 bits per heavy atom. The number of hydrogen-bond donors (Lipinski definition) is 4. The van der Waals surface area contributed by atoms with E-state index in [2.05, 4.69) is 16.6 Å². The smallest absolute Gasteiger partial charge is 0.413 e. The Balaban J connectivity index is 1.81. The second-order valence-corrected chi connectivity index (χ2v) is 10.2. The van der Waals surface area contributed by atoms with Crippen molar-refractivity contribution in [2.45, 2.75) is 57.8 Å². The fraction of sp³-hybridized carbons (Fsp3) is 0.379. The molecular weight excluding hydrogens is 502 g/mol. The molecule has 206 valence electrons. The van der Waals surface area contributed by atoms with E-state index in [9.17, 15) is 29.4 Å². The van der Waals surface area contributed by atoms with Gasteiger partial charge in [0.05, 0.1) is 18.6 Å². The van der Waals surface area contributed by atoms with Gasteiger partial charge in [0.2, 0.25) is 11.8 Å². The van der Waals surface area contributed by atoms with Crippen LogP contribution in [0, 0.1) is 17.8 Å². The van der Waals surface area contributed by atoms with Gasteiger partial charge >= 0.3 is 12.1 Å². The maximum atomic E-state index is 13.8. The number of amides is 3. The van der Waals surface area contributed by atoms with E-state index in [0.29, 0.717) is 5.56 Å². The van der Waals surface area contributed by atoms with Gasteiger partial charge in [-0.25, -0.2) is 4.79 Å². The molecule has 10 nitrogen and oxygen atoms in total. The molecule has 4 N–H and O–H groups in total. The van der Waals surface area contributed by atoms with Crippen molar-refractivity contribution >= 4 is 23.9 Å². The van der Waals surface area contributed by atoms with Gasteiger partial charge in [-0.3, -0.25) is 14.4 Å². The lowest BCUT2D eigenvalue weighted by Crippen LogP contribution is -2.59. The van der Waals surface area contributed by atoms with Crippen LogP contribution in [0.5, 0.6) is 5.75 Å². The Morgan fingerprint density at radius 1 is 1.10 bits per heavy atom. The van der Waals surface area contributed by atoms with Crippen LogP contribution in [-0.4, -0.2) is 63.7 Å². The number of benzene rings is 2. The first kappa shape index (κ1) is 29.2. The van der Waals surface area contributed by atoms with E-state index in [1.807, 2.05) is 0 Å². The molecule has 0 bridgehead atoms. The lowest BCUT2D eigenvalue weighted by Gasteiger charge is -2.36. The quantitative estimate of drug-likeness (QED) is 0.361. The molecule has 2 aromatic carbocycles. The van der Waals surface area contributed by atoms with E-state index in [0.717, 1.165) is 5.56 Å². The summed E-state index contributed by atoms with van der Waals surface area (Å²) in [5.74, 6) is 0.399. The first-order chi connectivity index (χ1) is 18.4. The predicted octanol–water partition coefficient (Wildman–Crippen LogP) is 2.46. The highest BCUT2D eigenvalue weighted by Gasteiger charge is 2.46. The first-order valence-electron chi connectivity index (χ1n) is 12.5. The second-order valence-electron chi connectivity index (χ2n) is 10.2. The van der Waals surface area contributed by atoms with Gasteiger partial charge in [-0.2, -0.15) is 0 Å². The Bertz CT molecular complexity index is 1240. The molecule has 1 unspecified atom stereocenters. The molecule has 0 spiro atoms. The number of likely N-dealkylation sites (tertiary alicyclic amines) is 1. The number of aliphatic carboxylic acids is 1. The number of para-hydroxylation sites is 1. The fourth-order valence-electron chi connectivity index (χ4n) is 4.56. The van der Waals surface area contributed by atoms with Gasteiger partial charge in [0.15, 0.2) is 0 Å². The van der Waals surface area contributed by atoms with Crippen molar-refractivity contribution in [1.82, 2.24) is 15.5 Å². The molecule has 0 saturated carbocycles. The molecule has 1 heterocycles. The zero-order chi connectivity index (χ0) is 28.7. The summed E-state index contributed by atoms with van der Waals surface area (Å²) < 4.78 is 5.26. The van der Waals surface area contributed by atoms with Gasteiger partial charge in [0, 0.05) is 23.9 Å². The molecule has 2 aromatic rings. The Hall–Kier alpha value is -4.36. The lowest BCUT2D eigenvalue weighted by molar-refractivity contribution is -0.145. The summed E-state index contributed by atoms with van der Waals surface area (Å²) in [5.41, 5.74) is 0.227. The molecule has 1 aliphatic heterocycles. The standard InChI is InChI=1S/C29H33N3O7/c1-5-19-11-13-20(14-12-19)18(2)30-26(36)23-15-21(33)17-32(23)27(37)25(29(3,4)16-24(34)35)31-28(38)39-22-9-7-6-8-10-22/h1,6-14,18,21,23,25,33H,15-17H2,2-4H3,(H,30,36)(H,31,38)(H,34,35)/t18-,21+,23-,25?/m0/s1. The number of aliphatic hydroxyl groups excluding tert-OH is 1. The van der Waals surface area contributed by atoms with Crippen LogP contribution < -0.4 is 15.4 Å². The number of ether oxygens (including phenoxy) is 1. The zero-order valence-electron chi connectivity index (χ0n) is 22.1. The topological polar surface area (TPSA) is 145 Å². The van der Waals surface area contributed by atoms with Crippen molar-refractivity contribution in [2.24, 2.45) is 5.41 Å². The minimum Gasteiger partial charge on any atom is -0.481 e. The number of carbonyl (C=O) groups excluding carboxylic acids is 3. The summed E-state index contributed by atoms with van der Waals surface area (Å²) in [7, 11) is 0. The summed E-state index contributed by atoms with van der Waals surface area (Å²) in [6, 6.07) is 12.5. The number of carboxylic acid groups (broad SMARTS) is 1. The van der Waals surface area contributed by atoms with E-state index in [1.54, 1.807) is 61.5 Å². The van der Waals surface area contributed by atoms with Crippen LogP contribution in [0.4, 0.5) is 4.79 Å². The molecule has 1 fully saturated rings. The average Bonchev–Trinajstić information content (AvgIpc) is 3.28. The summed E-state index contributed by atoms with van der Waals surface area (Å²) in [5, 5.41) is 25.2. The number of carbonyl (C=O) groups is 4. The van der Waals surface area contributed by atoms with Gasteiger partial charge < -0.3 is 30.5 Å². The summed E-state index contributed by atoms with van der Waals surface area (Å²) >= 11 is 0. The fourth-order valence-corrected chi connectivity index (χ4v) is 4.56. The third-order valence-corrected chi connectivity index (χ3v) is 6.65. The monoisotopic (exact) mass is 535 g/mol. The third-order valence-electron chi connectivity index (χ3n) is 6.65.